The molecule has 16 heavy (non-hydrogen) atoms. The second kappa shape index (κ2) is 4.76. The van der Waals surface area contributed by atoms with Gasteiger partial charge in [-0.3, -0.25) is 4.79 Å². The molecular formula is C11H14N2O2S. The van der Waals surface area contributed by atoms with Gasteiger partial charge in [-0.15, -0.1) is 0 Å². The van der Waals surface area contributed by atoms with E-state index in [1.165, 1.54) is 0 Å². The Hall–Kier alpha value is -1.20. The summed E-state index contributed by atoms with van der Waals surface area (Å²) in [7, 11) is 0. The number of nitrogens with one attached hydrogen (secondary N) is 1. The minimum Gasteiger partial charge on any atom is -0.482 e. The highest BCUT2D eigenvalue weighted by atomic mass is 32.1. The molecule has 5 heteroatoms. The second-order valence-corrected chi connectivity index (χ2v) is 4.16. The third-order valence-corrected chi connectivity index (χ3v) is 2.76. The number of anilines is 1. The van der Waals surface area contributed by atoms with E-state index in [4.69, 9.17) is 10.5 Å². The number of amides is 1. The summed E-state index contributed by atoms with van der Waals surface area (Å²) in [5.41, 5.74) is 7.65. The Balaban J connectivity index is 2.24. The summed E-state index contributed by atoms with van der Waals surface area (Å²) < 4.78 is 5.26. The van der Waals surface area contributed by atoms with Crippen LogP contribution in [0.5, 0.6) is 5.75 Å². The first kappa shape index (κ1) is 11.3. The molecule has 0 radical (unpaired) electrons. The summed E-state index contributed by atoms with van der Waals surface area (Å²) in [4.78, 5) is 11.2. The minimum atomic E-state index is -0.132. The van der Waals surface area contributed by atoms with E-state index in [2.05, 4.69) is 17.9 Å². The van der Waals surface area contributed by atoms with Crippen molar-refractivity contribution in [3.8, 4) is 5.75 Å². The van der Waals surface area contributed by atoms with E-state index in [0.29, 0.717) is 11.4 Å². The van der Waals surface area contributed by atoms with Crippen molar-refractivity contribution in [1.82, 2.24) is 0 Å². The van der Waals surface area contributed by atoms with Gasteiger partial charge in [0, 0.05) is 6.04 Å². The summed E-state index contributed by atoms with van der Waals surface area (Å²) in [5, 5.41) is 2.76. The third kappa shape index (κ3) is 2.31. The molecular weight excluding hydrogens is 224 g/mol. The topological polar surface area (TPSA) is 64.3 Å². The average molecular weight is 238 g/mol. The van der Waals surface area contributed by atoms with E-state index >= 15 is 0 Å². The smallest absolute Gasteiger partial charge is 0.262 e. The van der Waals surface area contributed by atoms with E-state index in [-0.39, 0.29) is 18.6 Å². The summed E-state index contributed by atoms with van der Waals surface area (Å²) >= 11 is 4.15. The van der Waals surface area contributed by atoms with Gasteiger partial charge in [-0.25, -0.2) is 0 Å². The van der Waals surface area contributed by atoms with E-state index in [0.717, 1.165) is 17.7 Å². The van der Waals surface area contributed by atoms with Crippen LogP contribution in [0.4, 0.5) is 5.69 Å². The summed E-state index contributed by atoms with van der Waals surface area (Å²) in [6.07, 6.45) is 0.802. The van der Waals surface area contributed by atoms with Gasteiger partial charge in [0.1, 0.15) is 5.75 Å². The molecule has 0 aliphatic carbocycles. The minimum absolute atomic E-state index is 0.0540. The fraction of sp³-hybridized carbons (Fsp3) is 0.364. The molecule has 4 nitrogen and oxygen atoms in total. The number of ether oxygens (including phenoxy) is 1. The van der Waals surface area contributed by atoms with Crippen molar-refractivity contribution in [2.75, 3.05) is 17.7 Å². The molecule has 1 unspecified atom stereocenters. The highest BCUT2D eigenvalue weighted by Gasteiger charge is 2.17. The van der Waals surface area contributed by atoms with Crippen LogP contribution in [-0.4, -0.2) is 18.3 Å². The molecule has 0 bridgehead atoms. The zero-order valence-corrected chi connectivity index (χ0v) is 9.67. The quantitative estimate of drug-likeness (QED) is 0.696. The van der Waals surface area contributed by atoms with Crippen molar-refractivity contribution in [3.63, 3.8) is 0 Å². The molecule has 0 saturated heterocycles. The molecule has 3 N–H and O–H groups in total. The Bertz CT molecular complexity index is 409. The highest BCUT2D eigenvalue weighted by Crippen LogP contribution is 2.30. The van der Waals surface area contributed by atoms with Gasteiger partial charge in [0.15, 0.2) is 6.61 Å². The first-order chi connectivity index (χ1) is 7.70. The van der Waals surface area contributed by atoms with Crippen molar-refractivity contribution in [3.05, 3.63) is 23.8 Å². The number of rotatable bonds is 3. The zero-order valence-electron chi connectivity index (χ0n) is 8.77. The van der Waals surface area contributed by atoms with Crippen LogP contribution < -0.4 is 15.8 Å². The molecule has 0 aromatic heterocycles. The highest BCUT2D eigenvalue weighted by molar-refractivity contribution is 7.80. The maximum Gasteiger partial charge on any atom is 0.262 e. The lowest BCUT2D eigenvalue weighted by atomic mass is 10.0. The molecule has 1 aliphatic heterocycles. The standard InChI is InChI=1S/C11H14N2O2S/c12-8(3-4-16)7-1-2-10-9(5-7)13-11(14)6-15-10/h1-2,5,8,16H,3-4,6,12H2,(H,13,14). The number of thiol groups is 1. The van der Waals surface area contributed by atoms with Crippen LogP contribution in [0.25, 0.3) is 0 Å². The van der Waals surface area contributed by atoms with Gasteiger partial charge in [0.2, 0.25) is 0 Å². The fourth-order valence-electron chi connectivity index (χ4n) is 1.64. The van der Waals surface area contributed by atoms with Crippen LogP contribution in [0.2, 0.25) is 0 Å². The maximum absolute atomic E-state index is 11.2. The normalized spacial score (nSPS) is 16.0. The van der Waals surface area contributed by atoms with Crippen LogP contribution >= 0.6 is 12.6 Å². The monoisotopic (exact) mass is 238 g/mol. The molecule has 1 aliphatic rings. The molecule has 0 fully saturated rings. The van der Waals surface area contributed by atoms with Gasteiger partial charge in [-0.05, 0) is 29.9 Å². The van der Waals surface area contributed by atoms with Crippen LogP contribution in [0.15, 0.2) is 18.2 Å². The molecule has 1 atom stereocenters. The maximum atomic E-state index is 11.2. The largest absolute Gasteiger partial charge is 0.482 e. The number of carbonyl (C=O) groups excluding carboxylic acids is 1. The molecule has 1 heterocycles. The van der Waals surface area contributed by atoms with Crippen LogP contribution in [-0.2, 0) is 4.79 Å². The average Bonchev–Trinajstić information content (AvgIpc) is 2.28. The van der Waals surface area contributed by atoms with Crippen molar-refractivity contribution >= 4 is 24.2 Å². The van der Waals surface area contributed by atoms with E-state index in [1.807, 2.05) is 18.2 Å². The number of nitrogens with two attached hydrogens (primary N) is 1. The Morgan fingerprint density at radius 1 is 1.56 bits per heavy atom. The number of carbonyl (C=O) groups is 1. The Morgan fingerprint density at radius 2 is 2.38 bits per heavy atom. The van der Waals surface area contributed by atoms with Crippen molar-refractivity contribution in [1.29, 1.82) is 0 Å². The lowest BCUT2D eigenvalue weighted by Gasteiger charge is -2.20. The van der Waals surface area contributed by atoms with Gasteiger partial charge in [-0.1, -0.05) is 6.07 Å². The van der Waals surface area contributed by atoms with Crippen molar-refractivity contribution in [2.24, 2.45) is 5.73 Å². The molecule has 1 aromatic carbocycles. The lowest BCUT2D eigenvalue weighted by Crippen LogP contribution is -2.25. The van der Waals surface area contributed by atoms with Gasteiger partial charge in [0.05, 0.1) is 5.69 Å². The fourth-order valence-corrected chi connectivity index (χ4v) is 1.92. The summed E-state index contributed by atoms with van der Waals surface area (Å²) in [6, 6.07) is 5.56. The number of benzene rings is 1. The molecule has 2 rings (SSSR count). The van der Waals surface area contributed by atoms with Crippen LogP contribution in [0.3, 0.4) is 0 Å². The first-order valence-corrected chi connectivity index (χ1v) is 5.77. The number of hydrogen-bond donors (Lipinski definition) is 3. The Labute approximate surface area is 99.6 Å². The SMILES string of the molecule is NC(CCS)c1ccc2c(c1)NC(=O)CO2. The van der Waals surface area contributed by atoms with Gasteiger partial charge in [0.25, 0.3) is 5.91 Å². The molecule has 0 spiro atoms. The summed E-state index contributed by atoms with van der Waals surface area (Å²) in [5.74, 6) is 1.30. The predicted octanol–water partition coefficient (Wildman–Crippen LogP) is 1.34. The predicted molar refractivity (Wildman–Crippen MR) is 66.0 cm³/mol. The molecule has 1 aromatic rings. The number of hydrogen-bond acceptors (Lipinski definition) is 4. The molecule has 0 saturated carbocycles. The first-order valence-electron chi connectivity index (χ1n) is 5.13. The van der Waals surface area contributed by atoms with E-state index < -0.39 is 0 Å². The van der Waals surface area contributed by atoms with Crippen molar-refractivity contribution < 1.29 is 9.53 Å². The third-order valence-electron chi connectivity index (χ3n) is 2.50. The van der Waals surface area contributed by atoms with Crippen LogP contribution in [0, 0.1) is 0 Å². The zero-order chi connectivity index (χ0) is 11.5. The number of fused-ring (bicyclic) bond motifs is 1. The van der Waals surface area contributed by atoms with E-state index in [9.17, 15) is 4.79 Å². The summed E-state index contributed by atoms with van der Waals surface area (Å²) in [6.45, 7) is 0.0784. The van der Waals surface area contributed by atoms with Gasteiger partial charge >= 0.3 is 0 Å². The molecule has 1 amide bonds. The van der Waals surface area contributed by atoms with E-state index in [1.54, 1.807) is 0 Å². The Morgan fingerprint density at radius 3 is 3.12 bits per heavy atom. The van der Waals surface area contributed by atoms with Crippen molar-refractivity contribution in [2.45, 2.75) is 12.5 Å². The molecule has 86 valence electrons. The van der Waals surface area contributed by atoms with Gasteiger partial charge < -0.3 is 15.8 Å². The Kier molecular flexibility index (Phi) is 3.36. The second-order valence-electron chi connectivity index (χ2n) is 3.71. The lowest BCUT2D eigenvalue weighted by molar-refractivity contribution is -0.118. The van der Waals surface area contributed by atoms with Gasteiger partial charge in [-0.2, -0.15) is 12.6 Å². The van der Waals surface area contributed by atoms with Crippen LogP contribution in [0.1, 0.15) is 18.0 Å².